The molecule has 1 aromatic rings. The maximum Gasteiger partial charge on any atom is 0.194 e. The standard InChI is InChI=1S/C16H24O2S/c1-12(15(18)19-16(2,3)4)14(17)11-10-13-8-6-5-7-9-13/h5-9,12,14,17H,10-11H2,1-4H3/t12-,14-/m1/s1. The minimum absolute atomic E-state index is 0.0769. The van der Waals surface area contributed by atoms with Crippen LogP contribution in [0.3, 0.4) is 0 Å². The van der Waals surface area contributed by atoms with Crippen molar-refractivity contribution in [1.82, 2.24) is 0 Å². The molecule has 0 aromatic heterocycles. The second-order valence-electron chi connectivity index (χ2n) is 5.91. The van der Waals surface area contributed by atoms with Gasteiger partial charge in [-0.3, -0.25) is 4.79 Å². The SMILES string of the molecule is C[C@@H](C(=O)SC(C)(C)C)[C@H](O)CCc1ccccc1. The van der Waals surface area contributed by atoms with E-state index in [1.807, 2.05) is 58.0 Å². The largest absolute Gasteiger partial charge is 0.392 e. The Morgan fingerprint density at radius 2 is 1.84 bits per heavy atom. The highest BCUT2D eigenvalue weighted by molar-refractivity contribution is 8.14. The Bertz CT molecular complexity index is 395. The summed E-state index contributed by atoms with van der Waals surface area (Å²) in [7, 11) is 0. The van der Waals surface area contributed by atoms with Crippen LogP contribution in [0, 0.1) is 5.92 Å². The van der Waals surface area contributed by atoms with Crippen LogP contribution in [-0.4, -0.2) is 21.1 Å². The summed E-state index contributed by atoms with van der Waals surface area (Å²) in [6.45, 7) is 7.85. The molecule has 0 saturated heterocycles. The van der Waals surface area contributed by atoms with Crippen LogP contribution in [0.5, 0.6) is 0 Å². The summed E-state index contributed by atoms with van der Waals surface area (Å²) in [4.78, 5) is 12.0. The van der Waals surface area contributed by atoms with Gasteiger partial charge in [-0.15, -0.1) is 0 Å². The van der Waals surface area contributed by atoms with Crippen molar-refractivity contribution in [2.24, 2.45) is 5.92 Å². The molecule has 0 radical (unpaired) electrons. The molecular weight excluding hydrogens is 256 g/mol. The van der Waals surface area contributed by atoms with Crippen LogP contribution in [0.2, 0.25) is 0 Å². The molecule has 0 aliphatic heterocycles. The average molecular weight is 280 g/mol. The zero-order valence-electron chi connectivity index (χ0n) is 12.2. The quantitative estimate of drug-likeness (QED) is 0.894. The van der Waals surface area contributed by atoms with Gasteiger partial charge in [-0.05, 0) is 18.4 Å². The number of thioether (sulfide) groups is 1. The fraction of sp³-hybridized carbons (Fsp3) is 0.562. The monoisotopic (exact) mass is 280 g/mol. The fourth-order valence-electron chi connectivity index (χ4n) is 1.76. The number of aryl methyl sites for hydroxylation is 1. The van der Waals surface area contributed by atoms with E-state index in [1.165, 1.54) is 17.3 Å². The molecule has 0 heterocycles. The highest BCUT2D eigenvalue weighted by Gasteiger charge is 2.26. The molecule has 106 valence electrons. The normalized spacial score (nSPS) is 15.0. The Morgan fingerprint density at radius 1 is 1.26 bits per heavy atom. The first kappa shape index (κ1) is 16.3. The molecule has 0 aliphatic rings. The van der Waals surface area contributed by atoms with Gasteiger partial charge in [0.15, 0.2) is 5.12 Å². The van der Waals surface area contributed by atoms with Gasteiger partial charge in [0.2, 0.25) is 0 Å². The third kappa shape index (κ3) is 6.26. The predicted octanol–water partition coefficient (Wildman–Crippen LogP) is 3.67. The summed E-state index contributed by atoms with van der Waals surface area (Å²) in [5.41, 5.74) is 1.20. The zero-order valence-corrected chi connectivity index (χ0v) is 13.0. The van der Waals surface area contributed by atoms with Gasteiger partial charge >= 0.3 is 0 Å². The molecule has 0 saturated carbocycles. The second kappa shape index (κ2) is 7.11. The van der Waals surface area contributed by atoms with Crippen molar-refractivity contribution in [3.63, 3.8) is 0 Å². The van der Waals surface area contributed by atoms with Gasteiger partial charge < -0.3 is 5.11 Å². The first-order valence-electron chi connectivity index (χ1n) is 6.74. The minimum Gasteiger partial charge on any atom is -0.392 e. The second-order valence-corrected chi connectivity index (χ2v) is 7.75. The van der Waals surface area contributed by atoms with Gasteiger partial charge in [0.05, 0.1) is 12.0 Å². The Kier molecular flexibility index (Phi) is 6.08. The minimum atomic E-state index is -0.567. The molecule has 3 heteroatoms. The number of carbonyl (C=O) groups is 1. The van der Waals surface area contributed by atoms with Crippen molar-refractivity contribution < 1.29 is 9.90 Å². The van der Waals surface area contributed by atoms with Gasteiger partial charge in [0.25, 0.3) is 0 Å². The van der Waals surface area contributed by atoms with Gasteiger partial charge in [-0.2, -0.15) is 0 Å². The molecule has 1 rings (SSSR count). The van der Waals surface area contributed by atoms with Crippen LogP contribution in [0.15, 0.2) is 30.3 Å². The van der Waals surface area contributed by atoms with E-state index in [2.05, 4.69) is 0 Å². The van der Waals surface area contributed by atoms with Crippen molar-refractivity contribution in [2.45, 2.75) is 51.4 Å². The summed E-state index contributed by atoms with van der Waals surface area (Å²) >= 11 is 1.32. The number of aliphatic hydroxyl groups excluding tert-OH is 1. The lowest BCUT2D eigenvalue weighted by Gasteiger charge is -2.22. The molecule has 2 nitrogen and oxygen atoms in total. The van der Waals surface area contributed by atoms with Crippen LogP contribution in [0.1, 0.15) is 39.7 Å². The van der Waals surface area contributed by atoms with Crippen LogP contribution in [-0.2, 0) is 11.2 Å². The first-order valence-corrected chi connectivity index (χ1v) is 7.56. The maximum atomic E-state index is 12.0. The number of carbonyl (C=O) groups excluding carboxylic acids is 1. The van der Waals surface area contributed by atoms with E-state index in [9.17, 15) is 9.90 Å². The summed E-state index contributed by atoms with van der Waals surface area (Å²) in [6.07, 6.45) is 0.865. The zero-order chi connectivity index (χ0) is 14.5. The molecule has 0 aliphatic carbocycles. The maximum absolute atomic E-state index is 12.0. The highest BCUT2D eigenvalue weighted by Crippen LogP contribution is 2.28. The lowest BCUT2D eigenvalue weighted by atomic mass is 9.99. The number of hydrogen-bond acceptors (Lipinski definition) is 3. The van der Waals surface area contributed by atoms with Crippen molar-refractivity contribution in [3.8, 4) is 0 Å². The van der Waals surface area contributed by atoms with E-state index in [1.54, 1.807) is 0 Å². The topological polar surface area (TPSA) is 37.3 Å². The number of rotatable bonds is 5. The molecule has 0 amide bonds. The molecule has 1 N–H and O–H groups in total. The number of hydrogen-bond donors (Lipinski definition) is 1. The van der Waals surface area contributed by atoms with Crippen LogP contribution < -0.4 is 0 Å². The van der Waals surface area contributed by atoms with Crippen molar-refractivity contribution in [2.75, 3.05) is 0 Å². The lowest BCUT2D eigenvalue weighted by molar-refractivity contribution is -0.117. The highest BCUT2D eigenvalue weighted by atomic mass is 32.2. The van der Waals surface area contributed by atoms with E-state index < -0.39 is 6.10 Å². The smallest absolute Gasteiger partial charge is 0.194 e. The lowest BCUT2D eigenvalue weighted by Crippen LogP contribution is -2.27. The predicted molar refractivity (Wildman–Crippen MR) is 82.3 cm³/mol. The van der Waals surface area contributed by atoms with E-state index in [0.717, 1.165) is 6.42 Å². The Morgan fingerprint density at radius 3 is 2.37 bits per heavy atom. The molecule has 0 bridgehead atoms. The van der Waals surface area contributed by atoms with Crippen LogP contribution >= 0.6 is 11.8 Å². The van der Waals surface area contributed by atoms with Crippen LogP contribution in [0.4, 0.5) is 0 Å². The van der Waals surface area contributed by atoms with Crippen LogP contribution in [0.25, 0.3) is 0 Å². The summed E-state index contributed by atoms with van der Waals surface area (Å²) in [5, 5.41) is 10.2. The summed E-state index contributed by atoms with van der Waals surface area (Å²) in [6, 6.07) is 10.1. The van der Waals surface area contributed by atoms with Crippen molar-refractivity contribution >= 4 is 16.9 Å². The molecule has 1 aromatic carbocycles. The summed E-state index contributed by atoms with van der Waals surface area (Å²) < 4.78 is -0.0928. The fourth-order valence-corrected chi connectivity index (χ4v) is 2.71. The molecule has 2 atom stereocenters. The molecular formula is C16H24O2S. The Labute approximate surface area is 120 Å². The summed E-state index contributed by atoms with van der Waals surface area (Å²) in [5.74, 6) is -0.312. The number of aliphatic hydroxyl groups is 1. The van der Waals surface area contributed by atoms with Gasteiger partial charge in [0.1, 0.15) is 0 Å². The Hall–Kier alpha value is -0.800. The van der Waals surface area contributed by atoms with Gasteiger partial charge in [0, 0.05) is 4.75 Å². The van der Waals surface area contributed by atoms with Crippen molar-refractivity contribution in [1.29, 1.82) is 0 Å². The van der Waals surface area contributed by atoms with E-state index in [0.29, 0.717) is 6.42 Å². The van der Waals surface area contributed by atoms with E-state index in [-0.39, 0.29) is 15.8 Å². The first-order chi connectivity index (χ1) is 8.79. The molecule has 19 heavy (non-hydrogen) atoms. The molecule has 0 spiro atoms. The van der Waals surface area contributed by atoms with Crippen molar-refractivity contribution in [3.05, 3.63) is 35.9 Å². The third-order valence-corrected chi connectivity index (χ3v) is 4.11. The van der Waals surface area contributed by atoms with Gasteiger partial charge in [-0.25, -0.2) is 0 Å². The molecule has 0 fully saturated rings. The third-order valence-electron chi connectivity index (χ3n) is 2.93. The van der Waals surface area contributed by atoms with Gasteiger partial charge in [-0.1, -0.05) is 69.8 Å². The Balaban J connectivity index is 2.44. The van der Waals surface area contributed by atoms with E-state index in [4.69, 9.17) is 0 Å². The number of benzene rings is 1. The average Bonchev–Trinajstić information content (AvgIpc) is 2.34. The van der Waals surface area contributed by atoms with E-state index >= 15 is 0 Å². The molecule has 0 unspecified atom stereocenters.